The van der Waals surface area contributed by atoms with Crippen molar-refractivity contribution >= 4 is 35.0 Å². The van der Waals surface area contributed by atoms with Crippen molar-refractivity contribution in [2.45, 2.75) is 56.4 Å². The van der Waals surface area contributed by atoms with Crippen LogP contribution in [0.3, 0.4) is 0 Å². The van der Waals surface area contributed by atoms with E-state index in [2.05, 4.69) is 35.6 Å². The molecule has 0 aromatic heterocycles. The first-order valence-electron chi connectivity index (χ1n) is 15.1. The van der Waals surface area contributed by atoms with Crippen molar-refractivity contribution in [3.05, 3.63) is 106 Å². The largest absolute Gasteiger partial charge is 0.339 e. The lowest BCUT2D eigenvalue weighted by Gasteiger charge is -2.51. The minimum atomic E-state index is -0.347. The van der Waals surface area contributed by atoms with Crippen molar-refractivity contribution in [1.82, 2.24) is 15.1 Å². The first kappa shape index (κ1) is 30.6. The normalized spacial score (nSPS) is 22.0. The van der Waals surface area contributed by atoms with Gasteiger partial charge in [-0.3, -0.25) is 9.59 Å². The molecule has 2 heterocycles. The minimum absolute atomic E-state index is 0.0894. The number of piperidine rings is 2. The number of amides is 2. The number of carbonyl (C=O) groups is 2. The number of benzene rings is 3. The van der Waals surface area contributed by atoms with Crippen molar-refractivity contribution in [2.24, 2.45) is 5.92 Å². The van der Waals surface area contributed by atoms with Crippen molar-refractivity contribution < 1.29 is 9.59 Å². The maximum atomic E-state index is 13.2. The predicted molar refractivity (Wildman–Crippen MR) is 171 cm³/mol. The Balaban J connectivity index is 1.38. The Morgan fingerprint density at radius 3 is 2.21 bits per heavy atom. The lowest BCUT2D eigenvalue weighted by Crippen LogP contribution is -2.58. The molecule has 0 aliphatic carbocycles. The van der Waals surface area contributed by atoms with E-state index >= 15 is 0 Å². The van der Waals surface area contributed by atoms with E-state index in [1.54, 1.807) is 6.92 Å². The molecule has 0 saturated carbocycles. The van der Waals surface area contributed by atoms with E-state index in [1.807, 2.05) is 65.4 Å². The van der Waals surface area contributed by atoms with Crippen molar-refractivity contribution in [3.8, 4) is 0 Å². The summed E-state index contributed by atoms with van der Waals surface area (Å²) in [5.41, 5.74) is 2.68. The molecule has 0 radical (unpaired) electrons. The Bertz CT molecular complexity index is 1380. The fourth-order valence-electron chi connectivity index (χ4n) is 7.39. The summed E-state index contributed by atoms with van der Waals surface area (Å²) < 4.78 is 0. The molecule has 222 valence electrons. The minimum Gasteiger partial charge on any atom is -0.339 e. The van der Waals surface area contributed by atoms with E-state index in [9.17, 15) is 9.59 Å². The topological polar surface area (TPSA) is 52.7 Å². The zero-order chi connectivity index (χ0) is 29.7. The van der Waals surface area contributed by atoms with E-state index in [-0.39, 0.29) is 28.7 Å². The summed E-state index contributed by atoms with van der Waals surface area (Å²) in [5.74, 6) is 0.452. The van der Waals surface area contributed by atoms with Crippen LogP contribution in [0.15, 0.2) is 78.9 Å². The Kier molecular flexibility index (Phi) is 9.61. The average Bonchev–Trinajstić information content (AvgIpc) is 3.03. The summed E-state index contributed by atoms with van der Waals surface area (Å²) in [6.07, 6.45) is 5.57. The fraction of sp³-hybridized carbons (Fsp3) is 0.429. The Labute approximate surface area is 260 Å². The molecule has 3 aromatic rings. The van der Waals surface area contributed by atoms with Gasteiger partial charge in [-0.25, -0.2) is 0 Å². The number of hydrogen-bond acceptors (Lipinski definition) is 3. The summed E-state index contributed by atoms with van der Waals surface area (Å²) in [4.78, 5) is 30.0. The van der Waals surface area contributed by atoms with Crippen LogP contribution in [-0.4, -0.2) is 54.8 Å². The summed E-state index contributed by atoms with van der Waals surface area (Å²) >= 11 is 12.9. The van der Waals surface area contributed by atoms with Crippen LogP contribution in [0.4, 0.5) is 0 Å². The van der Waals surface area contributed by atoms with Gasteiger partial charge < -0.3 is 15.1 Å². The number of nitrogens with zero attached hydrogens (tertiary/aromatic N) is 2. The maximum absolute atomic E-state index is 13.2. The molecule has 5 rings (SSSR count). The number of likely N-dealkylation sites (tertiary alicyclic amines) is 1. The number of halogens is 2. The second kappa shape index (κ2) is 13.2. The van der Waals surface area contributed by atoms with Gasteiger partial charge in [0.25, 0.3) is 5.91 Å². The molecule has 5 nitrogen and oxygen atoms in total. The van der Waals surface area contributed by atoms with Gasteiger partial charge in [-0.15, -0.1) is 0 Å². The molecule has 42 heavy (non-hydrogen) atoms. The maximum Gasteiger partial charge on any atom is 0.253 e. The Morgan fingerprint density at radius 1 is 0.905 bits per heavy atom. The van der Waals surface area contributed by atoms with Crippen molar-refractivity contribution in [2.75, 3.05) is 33.2 Å². The monoisotopic (exact) mass is 605 g/mol. The smallest absolute Gasteiger partial charge is 0.253 e. The van der Waals surface area contributed by atoms with Crippen molar-refractivity contribution in [3.63, 3.8) is 0 Å². The molecular weight excluding hydrogens is 565 g/mol. The van der Waals surface area contributed by atoms with Gasteiger partial charge in [0, 0.05) is 39.2 Å². The quantitative estimate of drug-likeness (QED) is 0.292. The van der Waals surface area contributed by atoms with E-state index < -0.39 is 0 Å². The Hall–Kier alpha value is -2.86. The molecule has 0 bridgehead atoms. The van der Waals surface area contributed by atoms with Crippen LogP contribution >= 0.6 is 23.2 Å². The van der Waals surface area contributed by atoms with E-state index in [0.717, 1.165) is 57.2 Å². The molecule has 2 amide bonds. The van der Waals surface area contributed by atoms with Gasteiger partial charge in [0.1, 0.15) is 0 Å². The highest BCUT2D eigenvalue weighted by molar-refractivity contribution is 6.42. The molecule has 2 aliphatic rings. The highest BCUT2D eigenvalue weighted by Crippen LogP contribution is 2.46. The van der Waals surface area contributed by atoms with Crippen LogP contribution in [0.2, 0.25) is 10.0 Å². The van der Waals surface area contributed by atoms with Crippen LogP contribution in [0.1, 0.15) is 66.9 Å². The van der Waals surface area contributed by atoms with E-state index in [0.29, 0.717) is 23.1 Å². The standard InChI is InChI=1S/C35H41Cl2N3O2/c1-26(41)39(2)35(28-12-7-4-8-13-28)18-21-38-25-30(35)14-9-17-34(29-15-16-31(36)32(37)24-29)19-22-40(23-20-34)33(42)27-10-5-3-6-11-27/h3-8,10-13,15-16,24,30,38H,9,14,17-23,25H2,1-2H3. The van der Waals surface area contributed by atoms with Gasteiger partial charge in [-0.05, 0) is 85.4 Å². The summed E-state index contributed by atoms with van der Waals surface area (Å²) in [5, 5.41) is 4.74. The van der Waals surface area contributed by atoms with Crippen LogP contribution in [0.5, 0.6) is 0 Å². The van der Waals surface area contributed by atoms with E-state index in [1.165, 1.54) is 11.1 Å². The van der Waals surface area contributed by atoms with Crippen molar-refractivity contribution in [1.29, 1.82) is 0 Å². The number of rotatable bonds is 8. The number of nitrogens with one attached hydrogen (secondary N) is 1. The van der Waals surface area contributed by atoms with Gasteiger partial charge in [-0.2, -0.15) is 0 Å². The second-order valence-corrected chi connectivity index (χ2v) is 12.8. The molecule has 2 saturated heterocycles. The third-order valence-corrected chi connectivity index (χ3v) is 10.6. The highest BCUT2D eigenvalue weighted by Gasteiger charge is 2.47. The third-order valence-electron chi connectivity index (χ3n) is 9.86. The SMILES string of the molecule is CC(=O)N(C)C1(c2ccccc2)CCNCC1CCCC1(c2ccc(Cl)c(Cl)c2)CCN(C(=O)c2ccccc2)CC1. The van der Waals surface area contributed by atoms with Gasteiger partial charge in [0.05, 0.1) is 15.6 Å². The Morgan fingerprint density at radius 2 is 1.57 bits per heavy atom. The van der Waals surface area contributed by atoms with Crippen LogP contribution in [0.25, 0.3) is 0 Å². The molecule has 2 atom stereocenters. The highest BCUT2D eigenvalue weighted by atomic mass is 35.5. The summed E-state index contributed by atoms with van der Waals surface area (Å²) in [6, 6.07) is 26.1. The molecule has 2 aliphatic heterocycles. The number of carbonyl (C=O) groups excluding carboxylic acids is 2. The molecule has 3 aromatic carbocycles. The van der Waals surface area contributed by atoms with Gasteiger partial charge >= 0.3 is 0 Å². The number of hydrogen-bond donors (Lipinski definition) is 1. The van der Waals surface area contributed by atoms with E-state index in [4.69, 9.17) is 23.2 Å². The van der Waals surface area contributed by atoms with Crippen LogP contribution < -0.4 is 5.32 Å². The molecule has 0 spiro atoms. The lowest BCUT2D eigenvalue weighted by atomic mass is 9.67. The molecule has 7 heteroatoms. The average molecular weight is 607 g/mol. The summed E-state index contributed by atoms with van der Waals surface area (Å²) in [6.45, 7) is 4.81. The molecule has 1 N–H and O–H groups in total. The van der Waals surface area contributed by atoms with Crippen LogP contribution in [-0.2, 0) is 15.7 Å². The predicted octanol–water partition coefficient (Wildman–Crippen LogP) is 7.32. The van der Waals surface area contributed by atoms with Gasteiger partial charge in [0.2, 0.25) is 5.91 Å². The van der Waals surface area contributed by atoms with Gasteiger partial charge in [-0.1, -0.05) is 84.2 Å². The first-order valence-corrected chi connectivity index (χ1v) is 15.8. The van der Waals surface area contributed by atoms with Crippen LogP contribution in [0, 0.1) is 5.92 Å². The zero-order valence-electron chi connectivity index (χ0n) is 24.6. The molecule has 2 unspecified atom stereocenters. The third kappa shape index (κ3) is 6.10. The zero-order valence-corrected chi connectivity index (χ0v) is 26.1. The lowest BCUT2D eigenvalue weighted by molar-refractivity contribution is -0.138. The summed E-state index contributed by atoms with van der Waals surface area (Å²) in [7, 11) is 1.96. The molecule has 2 fully saturated rings. The first-order chi connectivity index (χ1) is 20.3. The fourth-order valence-corrected chi connectivity index (χ4v) is 7.69. The second-order valence-electron chi connectivity index (χ2n) is 12.0. The molecular formula is C35H41Cl2N3O2. The van der Waals surface area contributed by atoms with Gasteiger partial charge in [0.15, 0.2) is 0 Å².